The van der Waals surface area contributed by atoms with Gasteiger partial charge < -0.3 is 4.98 Å². The average Bonchev–Trinajstić information content (AvgIpc) is 3.54. The summed E-state index contributed by atoms with van der Waals surface area (Å²) >= 11 is 9.03. The van der Waals surface area contributed by atoms with Gasteiger partial charge in [0.15, 0.2) is 0 Å². The minimum atomic E-state index is -0.288. The molecule has 7 rings (SSSR count). The van der Waals surface area contributed by atoms with Crippen LogP contribution in [0.15, 0.2) is 64.4 Å². The summed E-state index contributed by atoms with van der Waals surface area (Å²) < 4.78 is 0. The zero-order valence-corrected chi connectivity index (χ0v) is 19.7. The summed E-state index contributed by atoms with van der Waals surface area (Å²) in [5, 5.41) is 1.73. The third-order valence-corrected chi connectivity index (χ3v) is 10.8. The number of carbonyl (C=O) groups excluding carboxylic acids is 2. The van der Waals surface area contributed by atoms with E-state index in [1.165, 1.54) is 21.8 Å². The van der Waals surface area contributed by atoms with Crippen molar-refractivity contribution < 1.29 is 9.59 Å². The predicted molar refractivity (Wildman–Crippen MR) is 129 cm³/mol. The first kappa shape index (κ1) is 20.1. The summed E-state index contributed by atoms with van der Waals surface area (Å²) in [6, 6.07) is 17.2. The van der Waals surface area contributed by atoms with Crippen LogP contribution in [0.3, 0.4) is 0 Å². The Labute approximate surface area is 203 Å². The van der Waals surface area contributed by atoms with Crippen LogP contribution < -0.4 is 9.77 Å². The molecule has 2 aromatic carbocycles. The number of thiazole rings is 1. The van der Waals surface area contributed by atoms with Gasteiger partial charge in [0.1, 0.15) is 0 Å². The fourth-order valence-corrected chi connectivity index (χ4v) is 9.91. The highest BCUT2D eigenvalue weighted by Crippen LogP contribution is 2.68. The zero-order chi connectivity index (χ0) is 22.4. The molecule has 8 heteroatoms. The van der Waals surface area contributed by atoms with Crippen molar-refractivity contribution in [1.82, 2.24) is 4.98 Å². The Bertz CT molecular complexity index is 1350. The third kappa shape index (κ3) is 2.70. The fraction of sp³-hybridized carbons (Fsp3) is 0.320. The van der Waals surface area contributed by atoms with E-state index in [0.717, 1.165) is 16.3 Å². The number of benzene rings is 2. The van der Waals surface area contributed by atoms with Crippen LogP contribution in [0.4, 0.5) is 5.69 Å². The second kappa shape index (κ2) is 7.08. The van der Waals surface area contributed by atoms with E-state index in [4.69, 9.17) is 11.6 Å². The molecule has 0 unspecified atom stereocenters. The maximum absolute atomic E-state index is 13.7. The van der Waals surface area contributed by atoms with E-state index >= 15 is 0 Å². The summed E-state index contributed by atoms with van der Waals surface area (Å²) in [5.41, 5.74) is 1.78. The van der Waals surface area contributed by atoms with E-state index in [1.807, 2.05) is 18.2 Å². The van der Waals surface area contributed by atoms with Crippen LogP contribution in [-0.2, 0) is 9.59 Å². The number of hydrogen-bond acceptors (Lipinski definition) is 5. The number of rotatable bonds is 2. The second-order valence-electron chi connectivity index (χ2n) is 9.36. The summed E-state index contributed by atoms with van der Waals surface area (Å²) in [7, 11) is 0. The SMILES string of the molecule is O=C1[C@@H]2[C@H]3C[C@@H]([C@H]4Sc5[nH]c(=O)sc5[C@H](c5ccccc5)[C@@H]34)[C@H]2C(=O)N1c1ccc(Cl)cc1. The minimum Gasteiger partial charge on any atom is -0.307 e. The standard InChI is InChI=1S/C25H19ClN2O3S2/c26-12-6-8-13(9-7-12)28-23(29)18-14-10-15(19(18)24(28)30)20-17(14)16(11-4-2-1-3-5-11)21-22(32-20)27-25(31)33-21/h1-9,14-20H,10H2,(H,27,31)/t14-,15+,16+,17+,18+,19+,20+/m0/s1. The first-order chi connectivity index (χ1) is 16.0. The molecule has 1 N–H and O–H groups in total. The molecule has 2 saturated carbocycles. The quantitative estimate of drug-likeness (QED) is 0.521. The Kier molecular flexibility index (Phi) is 4.30. The number of H-pyrrole nitrogens is 1. The number of hydrogen-bond donors (Lipinski definition) is 1. The van der Waals surface area contributed by atoms with Crippen LogP contribution in [0, 0.1) is 29.6 Å². The van der Waals surface area contributed by atoms with E-state index in [9.17, 15) is 14.4 Å². The number of halogens is 1. The Morgan fingerprint density at radius 3 is 2.33 bits per heavy atom. The molecule has 2 aliphatic carbocycles. The molecule has 2 amide bonds. The Morgan fingerprint density at radius 2 is 1.61 bits per heavy atom. The van der Waals surface area contributed by atoms with Crippen molar-refractivity contribution in [2.75, 3.05) is 4.90 Å². The molecular formula is C25H19ClN2O3S2. The summed E-state index contributed by atoms with van der Waals surface area (Å²) in [4.78, 5) is 45.0. The second-order valence-corrected chi connectivity index (χ2v) is 12.0. The number of carbonyl (C=O) groups is 2. The number of amides is 2. The maximum Gasteiger partial charge on any atom is 0.305 e. The van der Waals surface area contributed by atoms with Gasteiger partial charge in [-0.3, -0.25) is 19.3 Å². The number of nitrogens with one attached hydrogen (secondary N) is 1. The van der Waals surface area contributed by atoms with Crippen LogP contribution >= 0.6 is 34.7 Å². The number of thioether (sulfide) groups is 1. The lowest BCUT2D eigenvalue weighted by Gasteiger charge is -2.43. The van der Waals surface area contributed by atoms with E-state index in [-0.39, 0.29) is 57.4 Å². The molecule has 3 fully saturated rings. The van der Waals surface area contributed by atoms with E-state index in [1.54, 1.807) is 36.0 Å². The van der Waals surface area contributed by atoms with Crippen molar-refractivity contribution >= 4 is 52.2 Å². The van der Waals surface area contributed by atoms with Crippen molar-refractivity contribution in [2.45, 2.75) is 22.6 Å². The van der Waals surface area contributed by atoms with E-state index in [0.29, 0.717) is 10.7 Å². The zero-order valence-electron chi connectivity index (χ0n) is 17.3. The normalized spacial score (nSPS) is 33.8. The predicted octanol–water partition coefficient (Wildman–Crippen LogP) is 4.77. The number of imide groups is 1. The number of aromatic amines is 1. The van der Waals surface area contributed by atoms with Gasteiger partial charge in [-0.15, -0.1) is 11.8 Å². The Hall–Kier alpha value is -2.35. The molecule has 0 radical (unpaired) electrons. The van der Waals surface area contributed by atoms with Gasteiger partial charge in [-0.25, -0.2) is 0 Å². The molecule has 7 atom stereocenters. The third-order valence-electron chi connectivity index (χ3n) is 7.97. The summed E-state index contributed by atoms with van der Waals surface area (Å²) in [6.07, 6.45) is 0.895. The van der Waals surface area contributed by atoms with Crippen molar-refractivity contribution in [1.29, 1.82) is 0 Å². The first-order valence-electron chi connectivity index (χ1n) is 11.1. The maximum atomic E-state index is 13.7. The van der Waals surface area contributed by atoms with Gasteiger partial charge in [0.2, 0.25) is 11.8 Å². The van der Waals surface area contributed by atoms with Crippen molar-refractivity contribution in [3.63, 3.8) is 0 Å². The van der Waals surface area contributed by atoms with Crippen LogP contribution in [0.25, 0.3) is 0 Å². The molecule has 1 aromatic heterocycles. The fourth-order valence-electron chi connectivity index (χ4n) is 6.90. The lowest BCUT2D eigenvalue weighted by atomic mass is 9.68. The molecule has 4 aliphatic rings. The highest BCUT2D eigenvalue weighted by atomic mass is 35.5. The lowest BCUT2D eigenvalue weighted by molar-refractivity contribution is -0.123. The highest BCUT2D eigenvalue weighted by molar-refractivity contribution is 8.00. The molecule has 166 valence electrons. The first-order valence-corrected chi connectivity index (χ1v) is 13.2. The molecule has 2 aliphatic heterocycles. The smallest absolute Gasteiger partial charge is 0.305 e. The van der Waals surface area contributed by atoms with E-state index < -0.39 is 0 Å². The summed E-state index contributed by atoms with van der Waals surface area (Å²) in [6.45, 7) is 0. The van der Waals surface area contributed by atoms with Crippen LogP contribution in [-0.4, -0.2) is 22.0 Å². The van der Waals surface area contributed by atoms with Gasteiger partial charge in [-0.1, -0.05) is 53.3 Å². The van der Waals surface area contributed by atoms with Gasteiger partial charge in [-0.2, -0.15) is 0 Å². The molecular weight excluding hydrogens is 476 g/mol. The molecule has 1 saturated heterocycles. The molecule has 5 nitrogen and oxygen atoms in total. The highest BCUT2D eigenvalue weighted by Gasteiger charge is 2.69. The number of fused-ring (bicyclic) bond motifs is 9. The topological polar surface area (TPSA) is 70.2 Å². The molecule has 0 spiro atoms. The van der Waals surface area contributed by atoms with Gasteiger partial charge in [0, 0.05) is 21.1 Å². The largest absolute Gasteiger partial charge is 0.307 e. The Balaban J connectivity index is 1.33. The van der Waals surface area contributed by atoms with Crippen LogP contribution in [0.5, 0.6) is 0 Å². The van der Waals surface area contributed by atoms with Gasteiger partial charge in [-0.05, 0) is 54.0 Å². The minimum absolute atomic E-state index is 0.0398. The van der Waals surface area contributed by atoms with Gasteiger partial charge in [0.25, 0.3) is 0 Å². The van der Waals surface area contributed by atoms with Gasteiger partial charge in [0.05, 0.1) is 22.5 Å². The van der Waals surface area contributed by atoms with Crippen molar-refractivity contribution in [2.24, 2.45) is 29.6 Å². The van der Waals surface area contributed by atoms with Crippen LogP contribution in [0.2, 0.25) is 5.02 Å². The molecule has 2 bridgehead atoms. The Morgan fingerprint density at radius 1 is 0.909 bits per heavy atom. The van der Waals surface area contributed by atoms with E-state index in [2.05, 4.69) is 17.1 Å². The molecule has 3 heterocycles. The van der Waals surface area contributed by atoms with Gasteiger partial charge >= 0.3 is 4.87 Å². The van der Waals surface area contributed by atoms with Crippen molar-refractivity contribution in [3.05, 3.63) is 79.7 Å². The number of nitrogens with zero attached hydrogens (tertiary/aromatic N) is 1. The number of aromatic nitrogens is 1. The number of anilines is 1. The monoisotopic (exact) mass is 494 g/mol. The molecule has 3 aromatic rings. The molecule has 33 heavy (non-hydrogen) atoms. The van der Waals surface area contributed by atoms with Crippen molar-refractivity contribution in [3.8, 4) is 0 Å². The van der Waals surface area contributed by atoms with Crippen LogP contribution in [0.1, 0.15) is 22.8 Å². The summed E-state index contributed by atoms with van der Waals surface area (Å²) in [5.74, 6) is -0.181. The average molecular weight is 495 g/mol. The lowest BCUT2D eigenvalue weighted by Crippen LogP contribution is -2.42.